The van der Waals surface area contributed by atoms with Gasteiger partial charge in [-0.3, -0.25) is 9.59 Å². The van der Waals surface area contributed by atoms with Crippen LogP contribution in [0.5, 0.6) is 5.75 Å². The fraction of sp³-hybridized carbons (Fsp3) is 0.182. The van der Waals surface area contributed by atoms with Gasteiger partial charge in [-0.2, -0.15) is 0 Å². The van der Waals surface area contributed by atoms with Gasteiger partial charge in [0.25, 0.3) is 11.5 Å². The molecule has 1 aliphatic rings. The Labute approximate surface area is 165 Å². The quantitative estimate of drug-likeness (QED) is 0.571. The number of hydrogen-bond donors (Lipinski definition) is 1. The summed E-state index contributed by atoms with van der Waals surface area (Å²) >= 11 is 0. The molecule has 2 aromatic heterocycles. The molecule has 1 N–H and O–H groups in total. The molecule has 0 bridgehead atoms. The van der Waals surface area contributed by atoms with Crippen molar-refractivity contribution >= 4 is 22.5 Å². The lowest BCUT2D eigenvalue weighted by Crippen LogP contribution is -2.37. The fourth-order valence-electron chi connectivity index (χ4n) is 4.20. The number of aromatic hydroxyl groups is 1. The summed E-state index contributed by atoms with van der Waals surface area (Å²) in [7, 11) is 1.65. The van der Waals surface area contributed by atoms with E-state index in [1.54, 1.807) is 28.5 Å². The molecule has 6 nitrogen and oxygen atoms in total. The zero-order chi connectivity index (χ0) is 20.3. The van der Waals surface area contributed by atoms with E-state index in [0.29, 0.717) is 25.2 Å². The molecule has 0 radical (unpaired) electrons. The summed E-state index contributed by atoms with van der Waals surface area (Å²) in [5, 5.41) is 10.9. The monoisotopic (exact) mass is 391 g/mol. The maximum atomic E-state index is 13.2. The molecule has 1 aliphatic heterocycles. The Bertz CT molecular complexity index is 1350. The molecule has 0 fully saturated rings. The molecule has 0 saturated heterocycles. The number of aryl methyl sites for hydroxylation is 1. The third-order valence-corrected chi connectivity index (χ3v) is 5.64. The standard InChI is InChI=1S/C22H18FN3O3/c1-24-15-4-2-3-5-16(15)26-17-10-11-25(12-13-6-8-14(23)9-7-13)21(28)18(17)20(27)19(26)22(24)29/h2-9,27H,10-12H2,1H3. The van der Waals surface area contributed by atoms with Gasteiger partial charge in [-0.15, -0.1) is 0 Å². The molecule has 0 aliphatic carbocycles. The highest BCUT2D eigenvalue weighted by Gasteiger charge is 2.33. The Morgan fingerprint density at radius 1 is 1.03 bits per heavy atom. The molecule has 4 aromatic rings. The van der Waals surface area contributed by atoms with E-state index in [-0.39, 0.29) is 34.1 Å². The molecule has 0 atom stereocenters. The SMILES string of the molecule is Cn1c(=O)c2c(O)c3c(n2c2ccccc21)CCN(Cc1ccc(F)cc1)C3=O. The predicted molar refractivity (Wildman–Crippen MR) is 107 cm³/mol. The van der Waals surface area contributed by atoms with Gasteiger partial charge < -0.3 is 19.0 Å². The summed E-state index contributed by atoms with van der Waals surface area (Å²) in [5.41, 5.74) is 2.87. The second-order valence-corrected chi connectivity index (χ2v) is 7.31. The van der Waals surface area contributed by atoms with Gasteiger partial charge in [0, 0.05) is 32.3 Å². The van der Waals surface area contributed by atoms with Gasteiger partial charge in [-0.1, -0.05) is 24.3 Å². The summed E-state index contributed by atoms with van der Waals surface area (Å²) in [6.45, 7) is 0.751. The van der Waals surface area contributed by atoms with E-state index >= 15 is 0 Å². The van der Waals surface area contributed by atoms with Crippen LogP contribution >= 0.6 is 0 Å². The Hall–Kier alpha value is -3.61. The van der Waals surface area contributed by atoms with E-state index in [1.807, 2.05) is 24.3 Å². The van der Waals surface area contributed by atoms with Crippen LogP contribution in [-0.4, -0.2) is 31.4 Å². The number of halogens is 1. The Balaban J connectivity index is 1.69. The number of carbonyl (C=O) groups is 1. The van der Waals surface area contributed by atoms with Gasteiger partial charge in [-0.05, 0) is 29.8 Å². The number of rotatable bonds is 2. The maximum absolute atomic E-state index is 13.2. The molecule has 29 heavy (non-hydrogen) atoms. The highest BCUT2D eigenvalue weighted by atomic mass is 19.1. The highest BCUT2D eigenvalue weighted by molar-refractivity contribution is 6.03. The van der Waals surface area contributed by atoms with Gasteiger partial charge in [0.2, 0.25) is 0 Å². The summed E-state index contributed by atoms with van der Waals surface area (Å²) in [6.07, 6.45) is 0.501. The third kappa shape index (κ3) is 2.47. The van der Waals surface area contributed by atoms with Crippen LogP contribution in [0.15, 0.2) is 53.3 Å². The lowest BCUT2D eigenvalue weighted by atomic mass is 10.1. The summed E-state index contributed by atoms with van der Waals surface area (Å²) in [5.74, 6) is -0.942. The second kappa shape index (κ2) is 6.20. The highest BCUT2D eigenvalue weighted by Crippen LogP contribution is 2.35. The molecule has 3 heterocycles. The predicted octanol–water partition coefficient (Wildman–Crippen LogP) is 2.83. The Morgan fingerprint density at radius 3 is 2.45 bits per heavy atom. The van der Waals surface area contributed by atoms with Crippen molar-refractivity contribution in [1.29, 1.82) is 0 Å². The van der Waals surface area contributed by atoms with Gasteiger partial charge in [0.15, 0.2) is 11.3 Å². The number of amides is 1. The number of para-hydroxylation sites is 2. The van der Waals surface area contributed by atoms with Crippen molar-refractivity contribution in [1.82, 2.24) is 13.9 Å². The van der Waals surface area contributed by atoms with Crippen LogP contribution < -0.4 is 5.56 Å². The Morgan fingerprint density at radius 2 is 1.72 bits per heavy atom. The number of carbonyl (C=O) groups excluding carboxylic acids is 1. The summed E-state index contributed by atoms with van der Waals surface area (Å²) in [6, 6.07) is 13.4. The van der Waals surface area contributed by atoms with Gasteiger partial charge in [-0.25, -0.2) is 4.39 Å². The molecule has 146 valence electrons. The number of aromatic nitrogens is 2. The maximum Gasteiger partial charge on any atom is 0.278 e. The minimum absolute atomic E-state index is 0.119. The minimum atomic E-state index is -0.353. The van der Waals surface area contributed by atoms with E-state index in [4.69, 9.17) is 0 Å². The van der Waals surface area contributed by atoms with Crippen LogP contribution in [0.2, 0.25) is 0 Å². The van der Waals surface area contributed by atoms with Crippen molar-refractivity contribution in [2.75, 3.05) is 6.54 Å². The lowest BCUT2D eigenvalue weighted by molar-refractivity contribution is 0.0723. The van der Waals surface area contributed by atoms with Crippen LogP contribution in [0, 0.1) is 5.82 Å². The zero-order valence-corrected chi connectivity index (χ0v) is 15.7. The van der Waals surface area contributed by atoms with Crippen LogP contribution in [0.25, 0.3) is 16.6 Å². The van der Waals surface area contributed by atoms with E-state index in [1.165, 1.54) is 16.7 Å². The summed E-state index contributed by atoms with van der Waals surface area (Å²) in [4.78, 5) is 27.7. The first-order chi connectivity index (χ1) is 14.0. The largest absolute Gasteiger partial charge is 0.505 e. The lowest BCUT2D eigenvalue weighted by Gasteiger charge is -2.27. The molecule has 0 saturated carbocycles. The van der Waals surface area contributed by atoms with Gasteiger partial charge in [0.1, 0.15) is 11.4 Å². The Kier molecular flexibility index (Phi) is 3.74. The molecular weight excluding hydrogens is 373 g/mol. The fourth-order valence-corrected chi connectivity index (χ4v) is 4.20. The van der Waals surface area contributed by atoms with Crippen LogP contribution in [-0.2, 0) is 20.0 Å². The van der Waals surface area contributed by atoms with Crippen molar-refractivity contribution < 1.29 is 14.3 Å². The second-order valence-electron chi connectivity index (χ2n) is 7.31. The van der Waals surface area contributed by atoms with Gasteiger partial charge >= 0.3 is 0 Å². The van der Waals surface area contributed by atoms with E-state index in [2.05, 4.69) is 0 Å². The van der Waals surface area contributed by atoms with Crippen molar-refractivity contribution in [3.05, 3.63) is 81.5 Å². The number of fused-ring (bicyclic) bond motifs is 5. The zero-order valence-electron chi connectivity index (χ0n) is 15.7. The van der Waals surface area contributed by atoms with E-state index < -0.39 is 0 Å². The first-order valence-electron chi connectivity index (χ1n) is 9.35. The van der Waals surface area contributed by atoms with Crippen LogP contribution in [0.4, 0.5) is 4.39 Å². The number of hydrogen-bond acceptors (Lipinski definition) is 3. The smallest absolute Gasteiger partial charge is 0.278 e. The normalized spacial score (nSPS) is 14.0. The van der Waals surface area contributed by atoms with Crippen molar-refractivity contribution in [3.8, 4) is 5.75 Å². The molecule has 0 spiro atoms. The molecular formula is C22H18FN3O3. The van der Waals surface area contributed by atoms with Crippen molar-refractivity contribution in [3.63, 3.8) is 0 Å². The summed E-state index contributed by atoms with van der Waals surface area (Å²) < 4.78 is 16.4. The molecule has 7 heteroatoms. The van der Waals surface area contributed by atoms with Crippen LogP contribution in [0.1, 0.15) is 21.6 Å². The van der Waals surface area contributed by atoms with Gasteiger partial charge in [0.05, 0.1) is 11.0 Å². The number of benzene rings is 2. The molecule has 5 rings (SSSR count). The third-order valence-electron chi connectivity index (χ3n) is 5.64. The first kappa shape index (κ1) is 17.5. The van der Waals surface area contributed by atoms with Crippen LogP contribution in [0.3, 0.4) is 0 Å². The minimum Gasteiger partial charge on any atom is -0.505 e. The van der Waals surface area contributed by atoms with Crippen molar-refractivity contribution in [2.45, 2.75) is 13.0 Å². The van der Waals surface area contributed by atoms with E-state index in [9.17, 15) is 19.1 Å². The average Bonchev–Trinajstić information content (AvgIpc) is 3.03. The molecule has 0 unspecified atom stereocenters. The molecule has 2 aromatic carbocycles. The first-order valence-corrected chi connectivity index (χ1v) is 9.35. The average molecular weight is 391 g/mol. The van der Waals surface area contributed by atoms with E-state index in [0.717, 1.165) is 16.6 Å². The number of nitrogens with zero attached hydrogens (tertiary/aromatic N) is 3. The topological polar surface area (TPSA) is 67.0 Å². The van der Waals surface area contributed by atoms with Crippen molar-refractivity contribution in [2.24, 2.45) is 7.05 Å². The molecule has 1 amide bonds.